The molecule has 0 saturated heterocycles. The second-order valence-corrected chi connectivity index (χ2v) is 5.26. The van der Waals surface area contributed by atoms with Crippen LogP contribution >= 0.6 is 0 Å². The molecule has 0 radical (unpaired) electrons. The summed E-state index contributed by atoms with van der Waals surface area (Å²) in [7, 11) is 1.57. The van der Waals surface area contributed by atoms with Gasteiger partial charge in [-0.25, -0.2) is 0 Å². The zero-order valence-electron chi connectivity index (χ0n) is 12.5. The average Bonchev–Trinajstić information content (AvgIpc) is 2.98. The summed E-state index contributed by atoms with van der Waals surface area (Å²) in [5.41, 5.74) is 0. The number of nitrogens with one attached hydrogen (secondary N) is 2. The number of methoxy groups -OCH3 is 1. The molecule has 0 unspecified atom stereocenters. The van der Waals surface area contributed by atoms with E-state index < -0.39 is 0 Å². The van der Waals surface area contributed by atoms with Crippen LogP contribution in [0.2, 0.25) is 0 Å². The zero-order chi connectivity index (χ0) is 14.2. The molecule has 0 amide bonds. The molecule has 0 atom stereocenters. The SMILES string of the molecule is CCCNc1nc(NCCC2CCCC2)nc(OC)n1. The molecule has 1 aliphatic carbocycles. The van der Waals surface area contributed by atoms with Crippen LogP contribution in [-0.4, -0.2) is 35.2 Å². The van der Waals surface area contributed by atoms with Crippen LogP contribution in [0.25, 0.3) is 0 Å². The second-order valence-electron chi connectivity index (χ2n) is 5.26. The van der Waals surface area contributed by atoms with E-state index in [9.17, 15) is 0 Å². The van der Waals surface area contributed by atoms with Gasteiger partial charge in [0.05, 0.1) is 7.11 Å². The Kier molecular flexibility index (Phi) is 5.83. The van der Waals surface area contributed by atoms with Gasteiger partial charge < -0.3 is 15.4 Å². The summed E-state index contributed by atoms with van der Waals surface area (Å²) in [6, 6.07) is 0.349. The molecule has 0 aliphatic heterocycles. The standard InChI is InChI=1S/C14H25N5O/c1-3-9-15-12-17-13(19-14(18-12)20-2)16-10-8-11-6-4-5-7-11/h11H,3-10H2,1-2H3,(H2,15,16,17,18,19). The van der Waals surface area contributed by atoms with Gasteiger partial charge in [-0.3, -0.25) is 0 Å². The van der Waals surface area contributed by atoms with Crippen molar-refractivity contribution in [1.29, 1.82) is 0 Å². The Balaban J connectivity index is 1.87. The molecule has 20 heavy (non-hydrogen) atoms. The molecule has 0 spiro atoms. The summed E-state index contributed by atoms with van der Waals surface area (Å²) in [5.74, 6) is 2.03. The van der Waals surface area contributed by atoms with Crippen LogP contribution in [0.4, 0.5) is 11.9 Å². The van der Waals surface area contributed by atoms with Gasteiger partial charge in [-0.2, -0.15) is 15.0 Å². The van der Waals surface area contributed by atoms with Crippen LogP contribution in [-0.2, 0) is 0 Å². The normalized spacial score (nSPS) is 15.3. The molecular weight excluding hydrogens is 254 g/mol. The molecule has 112 valence electrons. The van der Waals surface area contributed by atoms with Crippen molar-refractivity contribution in [2.45, 2.75) is 45.4 Å². The van der Waals surface area contributed by atoms with Gasteiger partial charge in [0.2, 0.25) is 11.9 Å². The minimum Gasteiger partial charge on any atom is -0.467 e. The minimum atomic E-state index is 0.349. The van der Waals surface area contributed by atoms with Gasteiger partial charge in [0.25, 0.3) is 0 Å². The maximum absolute atomic E-state index is 5.11. The first-order chi connectivity index (χ1) is 9.81. The summed E-state index contributed by atoms with van der Waals surface area (Å²) in [5, 5.41) is 6.44. The monoisotopic (exact) mass is 279 g/mol. The maximum atomic E-state index is 5.11. The average molecular weight is 279 g/mol. The van der Waals surface area contributed by atoms with E-state index in [1.807, 2.05) is 0 Å². The third-order valence-electron chi connectivity index (χ3n) is 3.64. The lowest BCUT2D eigenvalue weighted by atomic mass is 10.0. The largest absolute Gasteiger partial charge is 0.467 e. The number of nitrogens with zero attached hydrogens (tertiary/aromatic N) is 3. The first kappa shape index (κ1) is 14.8. The fourth-order valence-corrected chi connectivity index (χ4v) is 2.53. The van der Waals surface area contributed by atoms with E-state index in [0.29, 0.717) is 17.9 Å². The topological polar surface area (TPSA) is 72.0 Å². The lowest BCUT2D eigenvalue weighted by molar-refractivity contribution is 0.379. The van der Waals surface area contributed by atoms with E-state index in [-0.39, 0.29) is 0 Å². The predicted octanol–water partition coefficient (Wildman–Crippen LogP) is 2.69. The highest BCUT2D eigenvalue weighted by Crippen LogP contribution is 2.27. The molecule has 1 heterocycles. The molecule has 0 aromatic carbocycles. The van der Waals surface area contributed by atoms with Crippen molar-refractivity contribution in [3.8, 4) is 6.01 Å². The molecule has 6 heteroatoms. The number of hydrogen-bond donors (Lipinski definition) is 2. The lowest BCUT2D eigenvalue weighted by Crippen LogP contribution is -2.12. The van der Waals surface area contributed by atoms with Crippen molar-refractivity contribution in [3.05, 3.63) is 0 Å². The molecule has 2 N–H and O–H groups in total. The molecule has 1 aromatic heterocycles. The van der Waals surface area contributed by atoms with Crippen molar-refractivity contribution >= 4 is 11.9 Å². The van der Waals surface area contributed by atoms with Crippen LogP contribution in [0, 0.1) is 5.92 Å². The van der Waals surface area contributed by atoms with Crippen molar-refractivity contribution in [2.24, 2.45) is 5.92 Å². The van der Waals surface area contributed by atoms with Gasteiger partial charge in [0.15, 0.2) is 0 Å². The number of rotatable bonds is 8. The first-order valence-electron chi connectivity index (χ1n) is 7.59. The highest BCUT2D eigenvalue weighted by Gasteiger charge is 2.14. The van der Waals surface area contributed by atoms with E-state index in [0.717, 1.165) is 25.4 Å². The highest BCUT2D eigenvalue weighted by molar-refractivity contribution is 5.35. The Morgan fingerprint density at radius 1 is 1.05 bits per heavy atom. The maximum Gasteiger partial charge on any atom is 0.322 e. The fraction of sp³-hybridized carbons (Fsp3) is 0.786. The Bertz CT molecular complexity index is 407. The summed E-state index contributed by atoms with van der Waals surface area (Å²) < 4.78 is 5.11. The van der Waals surface area contributed by atoms with Crippen molar-refractivity contribution in [1.82, 2.24) is 15.0 Å². The summed E-state index contributed by atoms with van der Waals surface area (Å²) in [4.78, 5) is 12.8. The van der Waals surface area contributed by atoms with Crippen LogP contribution < -0.4 is 15.4 Å². The van der Waals surface area contributed by atoms with Crippen LogP contribution in [0.15, 0.2) is 0 Å². The van der Waals surface area contributed by atoms with Gasteiger partial charge >= 0.3 is 6.01 Å². The molecule has 0 bridgehead atoms. The molecule has 2 rings (SSSR count). The highest BCUT2D eigenvalue weighted by atomic mass is 16.5. The summed E-state index contributed by atoms with van der Waals surface area (Å²) in [6.07, 6.45) is 7.71. The number of hydrogen-bond acceptors (Lipinski definition) is 6. The molecule has 1 aliphatic rings. The first-order valence-corrected chi connectivity index (χ1v) is 7.59. The van der Waals surface area contributed by atoms with Crippen LogP contribution in [0.5, 0.6) is 6.01 Å². The van der Waals surface area contributed by atoms with Crippen LogP contribution in [0.3, 0.4) is 0 Å². The van der Waals surface area contributed by atoms with Gasteiger partial charge in [-0.15, -0.1) is 0 Å². The van der Waals surface area contributed by atoms with Crippen molar-refractivity contribution in [2.75, 3.05) is 30.8 Å². The van der Waals surface area contributed by atoms with Gasteiger partial charge in [-0.1, -0.05) is 32.6 Å². The van der Waals surface area contributed by atoms with Gasteiger partial charge in [0.1, 0.15) is 0 Å². The fourth-order valence-electron chi connectivity index (χ4n) is 2.53. The third-order valence-corrected chi connectivity index (χ3v) is 3.64. The quantitative estimate of drug-likeness (QED) is 0.762. The second kappa shape index (κ2) is 7.87. The van der Waals surface area contributed by atoms with Crippen LogP contribution in [0.1, 0.15) is 45.4 Å². The van der Waals surface area contributed by atoms with Crippen molar-refractivity contribution in [3.63, 3.8) is 0 Å². The Morgan fingerprint density at radius 2 is 1.70 bits per heavy atom. The number of ether oxygens (including phenoxy) is 1. The van der Waals surface area contributed by atoms with Gasteiger partial charge in [-0.05, 0) is 18.8 Å². The number of anilines is 2. The van der Waals surface area contributed by atoms with Gasteiger partial charge in [0, 0.05) is 13.1 Å². The summed E-state index contributed by atoms with van der Waals surface area (Å²) in [6.45, 7) is 3.85. The molecule has 6 nitrogen and oxygen atoms in total. The van der Waals surface area contributed by atoms with E-state index in [4.69, 9.17) is 4.74 Å². The van der Waals surface area contributed by atoms with E-state index in [1.165, 1.54) is 32.1 Å². The Labute approximate surface area is 120 Å². The van der Waals surface area contributed by atoms with Crippen molar-refractivity contribution < 1.29 is 4.74 Å². The molecule has 1 fully saturated rings. The minimum absolute atomic E-state index is 0.349. The van der Waals surface area contributed by atoms with E-state index in [2.05, 4.69) is 32.5 Å². The smallest absolute Gasteiger partial charge is 0.322 e. The Morgan fingerprint density at radius 3 is 2.30 bits per heavy atom. The van der Waals surface area contributed by atoms with E-state index in [1.54, 1.807) is 7.11 Å². The number of aromatic nitrogens is 3. The lowest BCUT2D eigenvalue weighted by Gasteiger charge is -2.11. The molecule has 1 saturated carbocycles. The predicted molar refractivity (Wildman–Crippen MR) is 80.2 cm³/mol. The zero-order valence-corrected chi connectivity index (χ0v) is 12.5. The summed E-state index contributed by atoms with van der Waals surface area (Å²) >= 11 is 0. The van der Waals surface area contributed by atoms with E-state index >= 15 is 0 Å². The molecular formula is C14H25N5O. The third kappa shape index (κ3) is 4.51. The molecule has 1 aromatic rings. The Hall–Kier alpha value is -1.59.